The van der Waals surface area contributed by atoms with Gasteiger partial charge in [0, 0.05) is 28.8 Å². The standard InChI is InChI=1S/C24H29N3O3/c1-5-16-12-19(11-15(3)22(16)29-6-2)24-26-23(27-30-24)18-13-20(17-9-7-8-10-17)25-21(14-18)28-4/h11-14,17H,5-10H2,1-4H3. The first-order chi connectivity index (χ1) is 14.6. The number of hydrogen-bond donors (Lipinski definition) is 0. The zero-order valence-corrected chi connectivity index (χ0v) is 18.2. The van der Waals surface area contributed by atoms with E-state index in [9.17, 15) is 0 Å². The SMILES string of the molecule is CCOc1c(C)cc(-c2nc(-c3cc(OC)nc(C4CCCC4)c3)no2)cc1CC. The highest BCUT2D eigenvalue weighted by molar-refractivity contribution is 5.64. The molecule has 1 fully saturated rings. The van der Waals surface area contributed by atoms with Crippen molar-refractivity contribution in [2.45, 2.75) is 58.8 Å². The van der Waals surface area contributed by atoms with Crippen LogP contribution in [0.2, 0.25) is 0 Å². The van der Waals surface area contributed by atoms with Gasteiger partial charge in [0.2, 0.25) is 11.7 Å². The highest BCUT2D eigenvalue weighted by atomic mass is 16.5. The van der Waals surface area contributed by atoms with Crippen molar-refractivity contribution in [2.24, 2.45) is 0 Å². The van der Waals surface area contributed by atoms with Gasteiger partial charge in [-0.25, -0.2) is 4.98 Å². The van der Waals surface area contributed by atoms with Crippen molar-refractivity contribution in [3.05, 3.63) is 41.1 Å². The Bertz CT molecular complexity index is 1020. The number of benzene rings is 1. The summed E-state index contributed by atoms with van der Waals surface area (Å²) < 4.78 is 16.9. The first-order valence-corrected chi connectivity index (χ1v) is 10.8. The maximum absolute atomic E-state index is 5.82. The average Bonchev–Trinajstić information content (AvgIpc) is 3.47. The van der Waals surface area contributed by atoms with Crippen molar-refractivity contribution >= 4 is 0 Å². The number of aryl methyl sites for hydroxylation is 2. The summed E-state index contributed by atoms with van der Waals surface area (Å²) >= 11 is 0. The zero-order valence-electron chi connectivity index (χ0n) is 18.2. The van der Waals surface area contributed by atoms with Crippen LogP contribution in [0.1, 0.15) is 62.3 Å². The maximum atomic E-state index is 5.82. The first-order valence-electron chi connectivity index (χ1n) is 10.8. The van der Waals surface area contributed by atoms with E-state index in [0.717, 1.165) is 40.1 Å². The Morgan fingerprint density at radius 1 is 1.03 bits per heavy atom. The molecular formula is C24H29N3O3. The minimum absolute atomic E-state index is 0.478. The molecule has 0 amide bonds. The number of methoxy groups -OCH3 is 1. The van der Waals surface area contributed by atoms with Crippen molar-refractivity contribution < 1.29 is 14.0 Å². The number of nitrogens with zero attached hydrogens (tertiary/aromatic N) is 3. The monoisotopic (exact) mass is 407 g/mol. The number of ether oxygens (including phenoxy) is 2. The van der Waals surface area contributed by atoms with Crippen LogP contribution >= 0.6 is 0 Å². The summed E-state index contributed by atoms with van der Waals surface area (Å²) in [6.45, 7) is 6.81. The van der Waals surface area contributed by atoms with E-state index in [-0.39, 0.29) is 0 Å². The molecule has 0 radical (unpaired) electrons. The quantitative estimate of drug-likeness (QED) is 0.498. The highest BCUT2D eigenvalue weighted by Gasteiger charge is 2.22. The van der Waals surface area contributed by atoms with Gasteiger partial charge in [-0.2, -0.15) is 4.98 Å². The lowest BCUT2D eigenvalue weighted by atomic mass is 10.0. The Morgan fingerprint density at radius 2 is 1.83 bits per heavy atom. The van der Waals surface area contributed by atoms with Crippen LogP contribution in [-0.2, 0) is 6.42 Å². The van der Waals surface area contributed by atoms with Gasteiger partial charge < -0.3 is 14.0 Å². The largest absolute Gasteiger partial charge is 0.493 e. The third-order valence-corrected chi connectivity index (χ3v) is 5.76. The van der Waals surface area contributed by atoms with Crippen LogP contribution in [0.4, 0.5) is 0 Å². The van der Waals surface area contributed by atoms with Gasteiger partial charge in [-0.3, -0.25) is 0 Å². The average molecular weight is 408 g/mol. The molecule has 1 aliphatic carbocycles. The van der Waals surface area contributed by atoms with Gasteiger partial charge in [0.25, 0.3) is 5.89 Å². The lowest BCUT2D eigenvalue weighted by Gasteiger charge is -2.13. The number of hydrogen-bond acceptors (Lipinski definition) is 6. The van der Waals surface area contributed by atoms with Gasteiger partial charge in [0.1, 0.15) is 5.75 Å². The molecule has 2 aromatic heterocycles. The van der Waals surface area contributed by atoms with E-state index in [0.29, 0.717) is 30.1 Å². The minimum atomic E-state index is 0.478. The molecule has 2 heterocycles. The number of pyridine rings is 1. The molecule has 158 valence electrons. The van der Waals surface area contributed by atoms with Gasteiger partial charge in [-0.1, -0.05) is 24.9 Å². The van der Waals surface area contributed by atoms with Gasteiger partial charge in [-0.05, 0) is 62.4 Å². The fraction of sp³-hybridized carbons (Fsp3) is 0.458. The topological polar surface area (TPSA) is 70.3 Å². The van der Waals surface area contributed by atoms with Gasteiger partial charge >= 0.3 is 0 Å². The van der Waals surface area contributed by atoms with Crippen LogP contribution in [0.25, 0.3) is 22.8 Å². The van der Waals surface area contributed by atoms with Crippen LogP contribution in [0.15, 0.2) is 28.8 Å². The molecule has 1 saturated carbocycles. The first kappa shape index (κ1) is 20.4. The molecule has 3 aromatic rings. The van der Waals surface area contributed by atoms with Crippen molar-refractivity contribution in [1.82, 2.24) is 15.1 Å². The Hall–Kier alpha value is -2.89. The summed E-state index contributed by atoms with van der Waals surface area (Å²) in [6, 6.07) is 8.06. The van der Waals surface area contributed by atoms with Crippen molar-refractivity contribution in [3.63, 3.8) is 0 Å². The summed E-state index contributed by atoms with van der Waals surface area (Å²) in [5.74, 6) is 3.07. The van der Waals surface area contributed by atoms with Crippen LogP contribution in [0, 0.1) is 6.92 Å². The van der Waals surface area contributed by atoms with Crippen LogP contribution in [0.3, 0.4) is 0 Å². The number of rotatable bonds is 7. The Balaban J connectivity index is 1.69. The van der Waals surface area contributed by atoms with E-state index in [1.54, 1.807) is 7.11 Å². The van der Waals surface area contributed by atoms with E-state index < -0.39 is 0 Å². The lowest BCUT2D eigenvalue weighted by molar-refractivity contribution is 0.334. The third-order valence-electron chi connectivity index (χ3n) is 5.76. The molecule has 1 aliphatic rings. The molecule has 30 heavy (non-hydrogen) atoms. The molecule has 0 saturated heterocycles. The number of aromatic nitrogens is 3. The summed E-state index contributed by atoms with van der Waals surface area (Å²) in [6.07, 6.45) is 5.71. The van der Waals surface area contributed by atoms with Gasteiger partial charge in [-0.15, -0.1) is 0 Å². The summed E-state index contributed by atoms with van der Waals surface area (Å²) in [5, 5.41) is 4.25. The Morgan fingerprint density at radius 3 is 2.53 bits per heavy atom. The summed E-state index contributed by atoms with van der Waals surface area (Å²) in [7, 11) is 1.64. The smallest absolute Gasteiger partial charge is 0.258 e. The fourth-order valence-corrected chi connectivity index (χ4v) is 4.23. The molecule has 0 unspecified atom stereocenters. The predicted octanol–water partition coefficient (Wildman–Crippen LogP) is 5.73. The predicted molar refractivity (Wildman–Crippen MR) is 116 cm³/mol. The molecule has 6 nitrogen and oxygen atoms in total. The van der Waals surface area contributed by atoms with E-state index >= 15 is 0 Å². The highest BCUT2D eigenvalue weighted by Crippen LogP contribution is 2.36. The lowest BCUT2D eigenvalue weighted by Crippen LogP contribution is -2.00. The molecule has 1 aromatic carbocycles. The van der Waals surface area contributed by atoms with Crippen LogP contribution in [-0.4, -0.2) is 28.8 Å². The molecular weight excluding hydrogens is 378 g/mol. The van der Waals surface area contributed by atoms with Crippen LogP contribution < -0.4 is 9.47 Å². The molecule has 0 atom stereocenters. The normalized spacial score (nSPS) is 14.3. The summed E-state index contributed by atoms with van der Waals surface area (Å²) in [5.41, 5.74) is 5.04. The van der Waals surface area contributed by atoms with Crippen molar-refractivity contribution in [1.29, 1.82) is 0 Å². The molecule has 4 rings (SSSR count). The van der Waals surface area contributed by atoms with Crippen molar-refractivity contribution in [2.75, 3.05) is 13.7 Å². The Labute approximate surface area is 177 Å². The van der Waals surface area contributed by atoms with Gasteiger partial charge in [0.15, 0.2) is 0 Å². The van der Waals surface area contributed by atoms with E-state index in [2.05, 4.69) is 34.2 Å². The second-order valence-electron chi connectivity index (χ2n) is 7.80. The van der Waals surface area contributed by atoms with E-state index in [4.69, 9.17) is 14.0 Å². The minimum Gasteiger partial charge on any atom is -0.493 e. The molecule has 0 bridgehead atoms. The van der Waals surface area contributed by atoms with Crippen LogP contribution in [0.5, 0.6) is 11.6 Å². The van der Waals surface area contributed by atoms with Gasteiger partial charge in [0.05, 0.1) is 13.7 Å². The zero-order chi connectivity index (χ0) is 21.1. The second kappa shape index (κ2) is 8.86. The summed E-state index contributed by atoms with van der Waals surface area (Å²) in [4.78, 5) is 9.35. The molecule has 0 aliphatic heterocycles. The molecule has 6 heteroatoms. The molecule has 0 N–H and O–H groups in total. The third kappa shape index (κ3) is 4.04. The Kier molecular flexibility index (Phi) is 6.02. The van der Waals surface area contributed by atoms with E-state index in [1.165, 1.54) is 25.7 Å². The fourth-order valence-electron chi connectivity index (χ4n) is 4.23. The maximum Gasteiger partial charge on any atom is 0.258 e. The van der Waals surface area contributed by atoms with E-state index in [1.807, 2.05) is 26.0 Å². The second-order valence-corrected chi connectivity index (χ2v) is 7.80. The molecule has 0 spiro atoms. The van der Waals surface area contributed by atoms with Crippen molar-refractivity contribution in [3.8, 4) is 34.5 Å².